The van der Waals surface area contributed by atoms with E-state index in [1.807, 2.05) is 0 Å². The van der Waals surface area contributed by atoms with Crippen molar-refractivity contribution in [3.63, 3.8) is 0 Å². The summed E-state index contributed by atoms with van der Waals surface area (Å²) < 4.78 is 0. The molecule has 1 fully saturated rings. The van der Waals surface area contributed by atoms with Gasteiger partial charge < -0.3 is 21.3 Å². The summed E-state index contributed by atoms with van der Waals surface area (Å²) in [7, 11) is 0. The second-order valence-electron chi connectivity index (χ2n) is 6.57. The largest absolute Gasteiger partial charge is 0.375 e. The van der Waals surface area contributed by atoms with Crippen molar-refractivity contribution in [2.24, 2.45) is 0 Å². The Hall–Kier alpha value is -3.06. The molecule has 1 aliphatic rings. The van der Waals surface area contributed by atoms with Gasteiger partial charge in [-0.25, -0.2) is 0 Å². The Balaban J connectivity index is 1.62. The van der Waals surface area contributed by atoms with Gasteiger partial charge in [0.15, 0.2) is 0 Å². The van der Waals surface area contributed by atoms with E-state index in [0.717, 1.165) is 12.8 Å². The Morgan fingerprint density at radius 1 is 1.04 bits per heavy atom. The molecule has 0 saturated heterocycles. The number of para-hydroxylation sites is 1. The molecule has 0 unspecified atom stereocenters. The lowest BCUT2D eigenvalue weighted by Gasteiger charge is -2.13. The van der Waals surface area contributed by atoms with E-state index >= 15 is 0 Å². The maximum atomic E-state index is 12.4. The zero-order chi connectivity index (χ0) is 20.1. The number of nitrogens with one attached hydrogen (secondary N) is 4. The maximum Gasteiger partial charge on any atom is 0.253 e. The summed E-state index contributed by atoms with van der Waals surface area (Å²) in [4.78, 5) is 35.8. The molecule has 0 radical (unpaired) electrons. The third-order valence-electron chi connectivity index (χ3n) is 4.08. The van der Waals surface area contributed by atoms with Crippen LogP contribution in [0.4, 0.5) is 17.1 Å². The molecule has 28 heavy (non-hydrogen) atoms. The van der Waals surface area contributed by atoms with Gasteiger partial charge in [-0.2, -0.15) is 0 Å². The normalized spacial score (nSPS) is 12.8. The number of carbonyl (C=O) groups is 3. The van der Waals surface area contributed by atoms with E-state index in [0.29, 0.717) is 27.6 Å². The molecule has 2 aromatic rings. The molecule has 2 aromatic carbocycles. The van der Waals surface area contributed by atoms with Crippen LogP contribution in [-0.2, 0) is 9.59 Å². The molecule has 0 aromatic heterocycles. The van der Waals surface area contributed by atoms with Crippen molar-refractivity contribution in [1.29, 1.82) is 0 Å². The lowest BCUT2D eigenvalue weighted by molar-refractivity contribution is -0.115. The van der Waals surface area contributed by atoms with Gasteiger partial charge in [-0.3, -0.25) is 14.4 Å². The van der Waals surface area contributed by atoms with Crippen LogP contribution < -0.4 is 21.3 Å². The van der Waals surface area contributed by atoms with Crippen LogP contribution in [-0.4, -0.2) is 30.3 Å². The molecular formula is C20H21ClN4O3. The average molecular weight is 401 g/mol. The summed E-state index contributed by atoms with van der Waals surface area (Å²) >= 11 is 6.14. The topological polar surface area (TPSA) is 99.3 Å². The lowest BCUT2D eigenvalue weighted by atomic mass is 10.1. The molecule has 0 atom stereocenters. The van der Waals surface area contributed by atoms with Crippen LogP contribution in [0.25, 0.3) is 0 Å². The van der Waals surface area contributed by atoms with Crippen LogP contribution in [0.3, 0.4) is 0 Å². The monoisotopic (exact) mass is 400 g/mol. The van der Waals surface area contributed by atoms with E-state index in [1.165, 1.54) is 6.92 Å². The van der Waals surface area contributed by atoms with E-state index in [-0.39, 0.29) is 30.3 Å². The summed E-state index contributed by atoms with van der Waals surface area (Å²) in [5.74, 6) is -0.725. The standard InChI is InChI=1S/C20H21ClN4O3/c1-12(26)23-14-8-9-16(21)18(10-14)22-11-19(27)25-17-5-3-2-4-15(17)20(28)24-13-6-7-13/h2-5,8-10,13,22H,6-7,11H2,1H3,(H,23,26)(H,24,28)(H,25,27). The number of anilines is 3. The minimum absolute atomic E-state index is 0.0537. The molecule has 0 aliphatic heterocycles. The van der Waals surface area contributed by atoms with Crippen molar-refractivity contribution in [3.05, 3.63) is 53.1 Å². The average Bonchev–Trinajstić information content (AvgIpc) is 3.46. The minimum Gasteiger partial charge on any atom is -0.375 e. The van der Waals surface area contributed by atoms with Crippen LogP contribution in [0.1, 0.15) is 30.1 Å². The second-order valence-corrected chi connectivity index (χ2v) is 6.98. The Bertz CT molecular complexity index is 912. The van der Waals surface area contributed by atoms with Crippen molar-refractivity contribution in [2.75, 3.05) is 22.5 Å². The van der Waals surface area contributed by atoms with Gasteiger partial charge in [-0.15, -0.1) is 0 Å². The van der Waals surface area contributed by atoms with E-state index < -0.39 is 0 Å². The SMILES string of the molecule is CC(=O)Nc1ccc(Cl)c(NCC(=O)Nc2ccccc2C(=O)NC2CC2)c1. The quantitative estimate of drug-likeness (QED) is 0.573. The highest BCUT2D eigenvalue weighted by Crippen LogP contribution is 2.25. The summed E-state index contributed by atoms with van der Waals surface area (Å²) in [5, 5.41) is 11.7. The van der Waals surface area contributed by atoms with Gasteiger partial charge in [0, 0.05) is 18.7 Å². The number of hydrogen-bond donors (Lipinski definition) is 4. The van der Waals surface area contributed by atoms with E-state index in [4.69, 9.17) is 11.6 Å². The molecule has 1 aliphatic carbocycles. The number of halogens is 1. The van der Waals surface area contributed by atoms with Crippen molar-refractivity contribution < 1.29 is 14.4 Å². The molecule has 1 saturated carbocycles. The predicted molar refractivity (Wildman–Crippen MR) is 110 cm³/mol. The Morgan fingerprint density at radius 2 is 1.79 bits per heavy atom. The molecule has 3 rings (SSSR count). The Morgan fingerprint density at radius 3 is 2.50 bits per heavy atom. The second kappa shape index (κ2) is 8.75. The van der Waals surface area contributed by atoms with E-state index in [2.05, 4.69) is 21.3 Å². The summed E-state index contributed by atoms with van der Waals surface area (Å²) in [5.41, 5.74) is 1.96. The van der Waals surface area contributed by atoms with Gasteiger partial charge in [-0.1, -0.05) is 23.7 Å². The number of rotatable bonds is 7. The number of carbonyl (C=O) groups excluding carboxylic acids is 3. The zero-order valence-corrected chi connectivity index (χ0v) is 16.1. The first-order chi connectivity index (χ1) is 13.4. The molecule has 0 spiro atoms. The first kappa shape index (κ1) is 19.7. The summed E-state index contributed by atoms with van der Waals surface area (Å²) in [6.45, 7) is 1.35. The van der Waals surface area contributed by atoms with Crippen LogP contribution >= 0.6 is 11.6 Å². The van der Waals surface area contributed by atoms with Gasteiger partial charge in [-0.05, 0) is 43.2 Å². The van der Waals surface area contributed by atoms with Crippen LogP contribution in [0.5, 0.6) is 0 Å². The fourth-order valence-corrected chi connectivity index (χ4v) is 2.78. The van der Waals surface area contributed by atoms with Gasteiger partial charge in [0.05, 0.1) is 28.5 Å². The summed E-state index contributed by atoms with van der Waals surface area (Å²) in [6, 6.07) is 12.0. The smallest absolute Gasteiger partial charge is 0.253 e. The molecule has 3 amide bonds. The van der Waals surface area contributed by atoms with E-state index in [1.54, 1.807) is 42.5 Å². The zero-order valence-electron chi connectivity index (χ0n) is 15.3. The fourth-order valence-electron chi connectivity index (χ4n) is 2.59. The third kappa shape index (κ3) is 5.47. The number of hydrogen-bond acceptors (Lipinski definition) is 4. The van der Waals surface area contributed by atoms with Crippen LogP contribution in [0.15, 0.2) is 42.5 Å². The highest BCUT2D eigenvalue weighted by atomic mass is 35.5. The van der Waals surface area contributed by atoms with E-state index in [9.17, 15) is 14.4 Å². The molecule has 0 bridgehead atoms. The maximum absolute atomic E-state index is 12.4. The molecule has 7 nitrogen and oxygen atoms in total. The van der Waals surface area contributed by atoms with Gasteiger partial charge in [0.1, 0.15) is 0 Å². The van der Waals surface area contributed by atoms with Gasteiger partial charge in [0.25, 0.3) is 5.91 Å². The predicted octanol–water partition coefficient (Wildman–Crippen LogP) is 3.24. The first-order valence-electron chi connectivity index (χ1n) is 8.93. The molecule has 146 valence electrons. The third-order valence-corrected chi connectivity index (χ3v) is 4.41. The molecular weight excluding hydrogens is 380 g/mol. The fraction of sp³-hybridized carbons (Fsp3) is 0.250. The molecule has 4 N–H and O–H groups in total. The minimum atomic E-state index is -0.326. The Labute approximate surface area is 167 Å². The van der Waals surface area contributed by atoms with Gasteiger partial charge in [0.2, 0.25) is 11.8 Å². The highest BCUT2D eigenvalue weighted by molar-refractivity contribution is 6.33. The van der Waals surface area contributed by atoms with Crippen molar-refractivity contribution in [1.82, 2.24) is 5.32 Å². The summed E-state index contributed by atoms with van der Waals surface area (Å²) in [6.07, 6.45) is 1.98. The first-order valence-corrected chi connectivity index (χ1v) is 9.31. The van der Waals surface area contributed by atoms with Crippen LogP contribution in [0, 0.1) is 0 Å². The van der Waals surface area contributed by atoms with Crippen LogP contribution in [0.2, 0.25) is 5.02 Å². The molecule has 0 heterocycles. The lowest BCUT2D eigenvalue weighted by Crippen LogP contribution is -2.28. The number of amides is 3. The van der Waals surface area contributed by atoms with Gasteiger partial charge >= 0.3 is 0 Å². The Kier molecular flexibility index (Phi) is 6.16. The van der Waals surface area contributed by atoms with Crippen molar-refractivity contribution in [3.8, 4) is 0 Å². The van der Waals surface area contributed by atoms with Crippen molar-refractivity contribution in [2.45, 2.75) is 25.8 Å². The highest BCUT2D eigenvalue weighted by Gasteiger charge is 2.25. The van der Waals surface area contributed by atoms with Crippen molar-refractivity contribution >= 4 is 46.4 Å². The molecule has 8 heteroatoms. The number of benzene rings is 2.